The average Bonchev–Trinajstić information content (AvgIpc) is 2.44. The summed E-state index contributed by atoms with van der Waals surface area (Å²) in [6.07, 6.45) is 0. The van der Waals surface area contributed by atoms with Gasteiger partial charge in [0.1, 0.15) is 5.75 Å². The number of carbonyl (C=O) groups excluding carboxylic acids is 1. The van der Waals surface area contributed by atoms with Gasteiger partial charge in [-0.05, 0) is 38.1 Å². The van der Waals surface area contributed by atoms with Crippen molar-refractivity contribution < 1.29 is 9.90 Å². The number of hydrogen-bond acceptors (Lipinski definition) is 3. The first-order valence-corrected chi connectivity index (χ1v) is 7.26. The first kappa shape index (κ1) is 14.5. The number of phenolic OH excluding ortho intramolecular Hbond substituents is 1. The van der Waals surface area contributed by atoms with Gasteiger partial charge in [0.25, 0.3) is 0 Å². The van der Waals surface area contributed by atoms with Crippen LogP contribution in [0.5, 0.6) is 5.75 Å². The van der Waals surface area contributed by atoms with Crippen molar-refractivity contribution in [3.05, 3.63) is 54.1 Å². The second-order valence-corrected chi connectivity index (χ2v) is 5.99. The van der Waals surface area contributed by atoms with Gasteiger partial charge >= 0.3 is 0 Å². The Morgan fingerprint density at radius 3 is 2.45 bits per heavy atom. The van der Waals surface area contributed by atoms with E-state index in [1.54, 1.807) is 24.3 Å². The van der Waals surface area contributed by atoms with Crippen LogP contribution in [0, 0.1) is 6.92 Å². The summed E-state index contributed by atoms with van der Waals surface area (Å²) >= 11 is 1.49. The molecule has 20 heavy (non-hydrogen) atoms. The largest absolute Gasteiger partial charge is 0.506 e. The molecule has 2 aromatic carbocycles. The molecule has 0 bridgehead atoms. The fourth-order valence-corrected chi connectivity index (χ4v) is 2.56. The standard InChI is InChI=1S/C16H17NO2S/c1-11-7-9-13(10-8-11)20-12(2)16(19)17-14-5-3-4-6-15(14)18/h3-10,12,18H,1-2H3,(H,17,19). The molecule has 2 rings (SSSR count). The van der Waals surface area contributed by atoms with Crippen LogP contribution in [-0.4, -0.2) is 16.3 Å². The lowest BCUT2D eigenvalue weighted by atomic mass is 10.2. The van der Waals surface area contributed by atoms with Crippen LogP contribution >= 0.6 is 11.8 Å². The van der Waals surface area contributed by atoms with Crippen molar-refractivity contribution in [1.29, 1.82) is 0 Å². The molecule has 1 atom stereocenters. The first-order chi connectivity index (χ1) is 9.56. The third kappa shape index (κ3) is 3.78. The molecule has 2 aromatic rings. The van der Waals surface area contributed by atoms with Gasteiger partial charge in [-0.15, -0.1) is 11.8 Å². The van der Waals surface area contributed by atoms with Crippen LogP contribution in [0.2, 0.25) is 0 Å². The molecule has 1 amide bonds. The van der Waals surface area contributed by atoms with Gasteiger partial charge in [0.2, 0.25) is 5.91 Å². The minimum atomic E-state index is -0.239. The van der Waals surface area contributed by atoms with Gasteiger partial charge in [-0.25, -0.2) is 0 Å². The molecule has 0 radical (unpaired) electrons. The predicted octanol–water partition coefficient (Wildman–Crippen LogP) is 3.82. The quantitative estimate of drug-likeness (QED) is 0.664. The fourth-order valence-electron chi connectivity index (χ4n) is 1.69. The van der Waals surface area contributed by atoms with Crippen LogP contribution in [0.3, 0.4) is 0 Å². The molecule has 2 N–H and O–H groups in total. The Morgan fingerprint density at radius 2 is 1.80 bits per heavy atom. The van der Waals surface area contributed by atoms with Crippen molar-refractivity contribution in [2.45, 2.75) is 24.0 Å². The molecule has 104 valence electrons. The summed E-state index contributed by atoms with van der Waals surface area (Å²) in [5, 5.41) is 12.1. The van der Waals surface area contributed by atoms with Crippen molar-refractivity contribution in [3.8, 4) is 5.75 Å². The maximum Gasteiger partial charge on any atom is 0.237 e. The highest BCUT2D eigenvalue weighted by molar-refractivity contribution is 8.00. The molecule has 1 unspecified atom stereocenters. The van der Waals surface area contributed by atoms with Gasteiger partial charge in [-0.2, -0.15) is 0 Å². The molecule has 0 aliphatic carbocycles. The van der Waals surface area contributed by atoms with Crippen molar-refractivity contribution >= 4 is 23.4 Å². The monoisotopic (exact) mass is 287 g/mol. The Labute approximate surface area is 123 Å². The molecule has 0 saturated heterocycles. The van der Waals surface area contributed by atoms with Gasteiger partial charge in [0, 0.05) is 4.90 Å². The summed E-state index contributed by atoms with van der Waals surface area (Å²) in [5.74, 6) is -0.0505. The molecule has 0 saturated carbocycles. The van der Waals surface area contributed by atoms with E-state index >= 15 is 0 Å². The summed E-state index contributed by atoms with van der Waals surface area (Å²) in [5.41, 5.74) is 1.63. The summed E-state index contributed by atoms with van der Waals surface area (Å²) in [6, 6.07) is 14.8. The Balaban J connectivity index is 1.99. The number of aryl methyl sites for hydroxylation is 1. The van der Waals surface area contributed by atoms with Crippen LogP contribution in [0.25, 0.3) is 0 Å². The van der Waals surface area contributed by atoms with E-state index < -0.39 is 0 Å². The molecule has 0 heterocycles. The zero-order chi connectivity index (χ0) is 14.5. The van der Waals surface area contributed by atoms with Crippen LogP contribution in [-0.2, 0) is 4.79 Å². The highest BCUT2D eigenvalue weighted by Gasteiger charge is 2.15. The van der Waals surface area contributed by atoms with Crippen molar-refractivity contribution in [2.24, 2.45) is 0 Å². The summed E-state index contributed by atoms with van der Waals surface area (Å²) in [4.78, 5) is 13.1. The van der Waals surface area contributed by atoms with E-state index in [0.717, 1.165) is 4.90 Å². The third-order valence-electron chi connectivity index (χ3n) is 2.86. The number of phenols is 1. The maximum absolute atomic E-state index is 12.1. The smallest absolute Gasteiger partial charge is 0.237 e. The van der Waals surface area contributed by atoms with E-state index in [2.05, 4.69) is 5.32 Å². The summed E-state index contributed by atoms with van der Waals surface area (Å²) in [6.45, 7) is 3.88. The van der Waals surface area contributed by atoms with Gasteiger partial charge in [-0.1, -0.05) is 29.8 Å². The first-order valence-electron chi connectivity index (χ1n) is 6.38. The van der Waals surface area contributed by atoms with E-state index in [-0.39, 0.29) is 16.9 Å². The molecule has 0 aliphatic rings. The summed E-state index contributed by atoms with van der Waals surface area (Å²) < 4.78 is 0. The topological polar surface area (TPSA) is 49.3 Å². The molecular formula is C16H17NO2S. The SMILES string of the molecule is Cc1ccc(SC(C)C(=O)Nc2ccccc2O)cc1. The second-order valence-electron chi connectivity index (χ2n) is 4.58. The third-order valence-corrected chi connectivity index (χ3v) is 3.98. The number of hydrogen-bond donors (Lipinski definition) is 2. The van der Waals surface area contributed by atoms with Crippen molar-refractivity contribution in [2.75, 3.05) is 5.32 Å². The minimum Gasteiger partial charge on any atom is -0.506 e. The van der Waals surface area contributed by atoms with Gasteiger partial charge < -0.3 is 10.4 Å². The molecule has 0 aliphatic heterocycles. The number of para-hydroxylation sites is 2. The second kappa shape index (κ2) is 6.48. The molecule has 4 heteroatoms. The highest BCUT2D eigenvalue weighted by atomic mass is 32.2. The number of nitrogens with one attached hydrogen (secondary N) is 1. The number of carbonyl (C=O) groups is 1. The number of aromatic hydroxyl groups is 1. The van der Waals surface area contributed by atoms with E-state index in [1.807, 2.05) is 38.1 Å². The molecule has 0 spiro atoms. The number of benzene rings is 2. The lowest BCUT2D eigenvalue weighted by Crippen LogP contribution is -2.22. The van der Waals surface area contributed by atoms with E-state index in [9.17, 15) is 9.90 Å². The highest BCUT2D eigenvalue weighted by Crippen LogP contribution is 2.26. The van der Waals surface area contributed by atoms with Crippen LogP contribution < -0.4 is 5.32 Å². The predicted molar refractivity (Wildman–Crippen MR) is 83.2 cm³/mol. The Morgan fingerprint density at radius 1 is 1.15 bits per heavy atom. The Hall–Kier alpha value is -1.94. The van der Waals surface area contributed by atoms with Gasteiger partial charge in [-0.3, -0.25) is 4.79 Å². The number of rotatable bonds is 4. The number of thioether (sulfide) groups is 1. The normalized spacial score (nSPS) is 11.9. The molecule has 0 aromatic heterocycles. The van der Waals surface area contributed by atoms with Crippen molar-refractivity contribution in [1.82, 2.24) is 0 Å². The zero-order valence-corrected chi connectivity index (χ0v) is 12.3. The molecule has 0 fully saturated rings. The van der Waals surface area contributed by atoms with Gasteiger partial charge in [0.15, 0.2) is 0 Å². The summed E-state index contributed by atoms with van der Waals surface area (Å²) in [7, 11) is 0. The number of anilines is 1. The average molecular weight is 287 g/mol. The Bertz CT molecular complexity index is 596. The lowest BCUT2D eigenvalue weighted by molar-refractivity contribution is -0.115. The van der Waals surface area contributed by atoms with Crippen molar-refractivity contribution in [3.63, 3.8) is 0 Å². The van der Waals surface area contributed by atoms with Crippen LogP contribution in [0.15, 0.2) is 53.4 Å². The van der Waals surface area contributed by atoms with E-state index in [1.165, 1.54) is 17.3 Å². The number of amides is 1. The van der Waals surface area contributed by atoms with Gasteiger partial charge in [0.05, 0.1) is 10.9 Å². The van der Waals surface area contributed by atoms with Crippen LogP contribution in [0.1, 0.15) is 12.5 Å². The Kier molecular flexibility index (Phi) is 4.69. The minimum absolute atomic E-state index is 0.0772. The lowest BCUT2D eigenvalue weighted by Gasteiger charge is -2.13. The zero-order valence-electron chi connectivity index (χ0n) is 11.5. The molecule has 3 nitrogen and oxygen atoms in total. The van der Waals surface area contributed by atoms with E-state index in [0.29, 0.717) is 5.69 Å². The maximum atomic E-state index is 12.1. The fraction of sp³-hybridized carbons (Fsp3) is 0.188. The molecular weight excluding hydrogens is 270 g/mol. The van der Waals surface area contributed by atoms with Crippen LogP contribution in [0.4, 0.5) is 5.69 Å². The van der Waals surface area contributed by atoms with E-state index in [4.69, 9.17) is 0 Å².